The van der Waals surface area contributed by atoms with Gasteiger partial charge >= 0.3 is 6.18 Å². The average molecular weight is 343 g/mol. The molecule has 4 nitrogen and oxygen atoms in total. The van der Waals surface area contributed by atoms with Gasteiger partial charge in [-0.1, -0.05) is 19.8 Å². The van der Waals surface area contributed by atoms with E-state index in [1.807, 2.05) is 6.92 Å². The number of rotatable bonds is 7. The molecule has 2 aromatic rings. The zero-order valence-corrected chi connectivity index (χ0v) is 13.0. The van der Waals surface area contributed by atoms with E-state index < -0.39 is 23.4 Å². The van der Waals surface area contributed by atoms with Crippen LogP contribution in [0.1, 0.15) is 31.7 Å². The maximum absolute atomic E-state index is 13.0. The summed E-state index contributed by atoms with van der Waals surface area (Å²) in [7, 11) is 0. The average Bonchev–Trinajstić information content (AvgIpc) is 2.53. The van der Waals surface area contributed by atoms with Crippen molar-refractivity contribution in [3.8, 4) is 5.88 Å². The van der Waals surface area contributed by atoms with E-state index in [9.17, 15) is 17.6 Å². The zero-order valence-electron chi connectivity index (χ0n) is 13.0. The zero-order chi connectivity index (χ0) is 17.6. The Morgan fingerprint density at radius 1 is 1.12 bits per heavy atom. The summed E-state index contributed by atoms with van der Waals surface area (Å²) < 4.78 is 57.1. The molecule has 0 fully saturated rings. The van der Waals surface area contributed by atoms with Crippen LogP contribution in [0, 0.1) is 5.82 Å². The van der Waals surface area contributed by atoms with E-state index in [1.165, 1.54) is 24.3 Å². The van der Waals surface area contributed by atoms with Crippen molar-refractivity contribution in [1.82, 2.24) is 9.97 Å². The molecule has 8 heteroatoms. The van der Waals surface area contributed by atoms with Crippen LogP contribution in [0.15, 0.2) is 30.5 Å². The molecule has 1 N–H and O–H groups in total. The maximum Gasteiger partial charge on any atom is 0.423 e. The van der Waals surface area contributed by atoms with Gasteiger partial charge in [-0.15, -0.1) is 0 Å². The van der Waals surface area contributed by atoms with Gasteiger partial charge < -0.3 is 10.1 Å². The molecule has 0 saturated carbocycles. The number of aromatic nitrogens is 2. The summed E-state index contributed by atoms with van der Waals surface area (Å²) in [5.74, 6) is -0.993. The molecule has 0 aliphatic heterocycles. The van der Waals surface area contributed by atoms with Crippen molar-refractivity contribution in [3.05, 3.63) is 41.8 Å². The molecular weight excluding hydrogens is 326 g/mol. The molecule has 0 amide bonds. The Hall–Kier alpha value is -2.38. The number of alkyl halides is 3. The van der Waals surface area contributed by atoms with Crippen molar-refractivity contribution in [1.29, 1.82) is 0 Å². The molecular formula is C16H17F4N3O. The number of anilines is 2. The second-order valence-corrected chi connectivity index (χ2v) is 5.10. The molecule has 0 radical (unpaired) electrons. The molecule has 1 aromatic carbocycles. The summed E-state index contributed by atoms with van der Waals surface area (Å²) in [5.41, 5.74) is -0.572. The van der Waals surface area contributed by atoms with Gasteiger partial charge in [0, 0.05) is 11.9 Å². The number of unbranched alkanes of at least 4 members (excludes halogenated alkanes) is 2. The number of ether oxygens (including phenoxy) is 1. The van der Waals surface area contributed by atoms with Gasteiger partial charge in [0.1, 0.15) is 11.4 Å². The SMILES string of the molecule is CCCCCOc1nc(Nc2ccc(F)cc2)ncc1C(F)(F)F. The second-order valence-electron chi connectivity index (χ2n) is 5.10. The summed E-state index contributed by atoms with van der Waals surface area (Å²) in [5, 5.41) is 2.72. The van der Waals surface area contributed by atoms with Gasteiger partial charge in [0.15, 0.2) is 0 Å². The summed E-state index contributed by atoms with van der Waals surface area (Å²) in [4.78, 5) is 7.45. The standard InChI is InChI=1S/C16H17F4N3O/c1-2-3-4-9-24-14-13(16(18,19)20)10-21-15(23-14)22-12-7-5-11(17)6-8-12/h5-8,10H,2-4,9H2,1H3,(H,21,22,23). The van der Waals surface area contributed by atoms with Gasteiger partial charge in [-0.2, -0.15) is 18.2 Å². The molecule has 2 rings (SSSR count). The van der Waals surface area contributed by atoms with Crippen molar-refractivity contribution in [2.24, 2.45) is 0 Å². The lowest BCUT2D eigenvalue weighted by Crippen LogP contribution is -2.13. The van der Waals surface area contributed by atoms with Crippen LogP contribution < -0.4 is 10.1 Å². The normalized spacial score (nSPS) is 11.4. The lowest BCUT2D eigenvalue weighted by atomic mass is 10.3. The van der Waals surface area contributed by atoms with Gasteiger partial charge in [0.25, 0.3) is 0 Å². The summed E-state index contributed by atoms with van der Waals surface area (Å²) in [6.45, 7) is 2.13. The Balaban J connectivity index is 2.19. The minimum absolute atomic E-state index is 0.0555. The van der Waals surface area contributed by atoms with Crippen molar-refractivity contribution >= 4 is 11.6 Å². The summed E-state index contributed by atoms with van der Waals surface area (Å²) >= 11 is 0. The van der Waals surface area contributed by atoms with Crippen molar-refractivity contribution < 1.29 is 22.3 Å². The number of nitrogens with zero attached hydrogens (tertiary/aromatic N) is 2. The third kappa shape index (κ3) is 5.07. The van der Waals surface area contributed by atoms with Crippen LogP contribution in [-0.2, 0) is 6.18 Å². The molecule has 0 bridgehead atoms. The Morgan fingerprint density at radius 3 is 2.46 bits per heavy atom. The van der Waals surface area contributed by atoms with E-state index in [-0.39, 0.29) is 12.6 Å². The van der Waals surface area contributed by atoms with Gasteiger partial charge in [-0.25, -0.2) is 9.37 Å². The number of nitrogens with one attached hydrogen (secondary N) is 1. The van der Waals surface area contributed by atoms with Gasteiger partial charge in [0.05, 0.1) is 6.61 Å². The first kappa shape index (κ1) is 18.0. The van der Waals surface area contributed by atoms with E-state index in [2.05, 4.69) is 15.3 Å². The van der Waals surface area contributed by atoms with Crippen molar-refractivity contribution in [3.63, 3.8) is 0 Å². The van der Waals surface area contributed by atoms with Gasteiger partial charge in [-0.05, 0) is 30.7 Å². The summed E-state index contributed by atoms with van der Waals surface area (Å²) in [6.07, 6.45) is -1.51. The Kier molecular flexibility index (Phi) is 5.94. The minimum Gasteiger partial charge on any atom is -0.477 e. The Labute approximate surface area is 136 Å². The molecule has 0 unspecified atom stereocenters. The maximum atomic E-state index is 13.0. The highest BCUT2D eigenvalue weighted by Crippen LogP contribution is 2.35. The van der Waals surface area contributed by atoms with Crippen LogP contribution in [0.3, 0.4) is 0 Å². The first-order valence-corrected chi connectivity index (χ1v) is 7.49. The van der Waals surface area contributed by atoms with Gasteiger partial charge in [-0.3, -0.25) is 0 Å². The van der Waals surface area contributed by atoms with Crippen molar-refractivity contribution in [2.45, 2.75) is 32.4 Å². The third-order valence-electron chi connectivity index (χ3n) is 3.15. The monoisotopic (exact) mass is 343 g/mol. The minimum atomic E-state index is -4.60. The van der Waals surface area contributed by atoms with Gasteiger partial charge in [0.2, 0.25) is 11.8 Å². The highest BCUT2D eigenvalue weighted by Gasteiger charge is 2.36. The van der Waals surface area contributed by atoms with E-state index in [4.69, 9.17) is 4.74 Å². The first-order chi connectivity index (χ1) is 11.4. The molecule has 0 spiro atoms. The van der Waals surface area contributed by atoms with Crippen LogP contribution >= 0.6 is 0 Å². The predicted molar refractivity (Wildman–Crippen MR) is 81.7 cm³/mol. The first-order valence-electron chi connectivity index (χ1n) is 7.49. The lowest BCUT2D eigenvalue weighted by molar-refractivity contribution is -0.139. The van der Waals surface area contributed by atoms with Crippen LogP contribution in [0.4, 0.5) is 29.2 Å². The van der Waals surface area contributed by atoms with Crippen LogP contribution in [0.25, 0.3) is 0 Å². The fraction of sp³-hybridized carbons (Fsp3) is 0.375. The summed E-state index contributed by atoms with van der Waals surface area (Å²) in [6, 6.07) is 5.29. The molecule has 0 atom stereocenters. The van der Waals surface area contributed by atoms with Crippen LogP contribution in [-0.4, -0.2) is 16.6 Å². The number of hydrogen-bond donors (Lipinski definition) is 1. The smallest absolute Gasteiger partial charge is 0.423 e. The van der Waals surface area contributed by atoms with Crippen molar-refractivity contribution in [2.75, 3.05) is 11.9 Å². The number of hydrogen-bond acceptors (Lipinski definition) is 4. The Morgan fingerprint density at radius 2 is 1.83 bits per heavy atom. The highest BCUT2D eigenvalue weighted by molar-refractivity contribution is 5.53. The predicted octanol–water partition coefficient (Wildman–Crippen LogP) is 4.95. The van der Waals surface area contributed by atoms with Crippen LogP contribution in [0.2, 0.25) is 0 Å². The van der Waals surface area contributed by atoms with E-state index in [1.54, 1.807) is 0 Å². The largest absolute Gasteiger partial charge is 0.477 e. The Bertz CT molecular complexity index is 659. The highest BCUT2D eigenvalue weighted by atomic mass is 19.4. The van der Waals surface area contributed by atoms with Crippen LogP contribution in [0.5, 0.6) is 5.88 Å². The second kappa shape index (κ2) is 7.94. The fourth-order valence-electron chi connectivity index (χ4n) is 1.91. The lowest BCUT2D eigenvalue weighted by Gasteiger charge is -2.14. The number of halogens is 4. The van der Waals surface area contributed by atoms with E-state index >= 15 is 0 Å². The molecule has 1 aromatic heterocycles. The fourth-order valence-corrected chi connectivity index (χ4v) is 1.91. The number of benzene rings is 1. The van der Waals surface area contributed by atoms with E-state index in [0.29, 0.717) is 18.3 Å². The molecule has 130 valence electrons. The molecule has 0 saturated heterocycles. The third-order valence-corrected chi connectivity index (χ3v) is 3.15. The molecule has 0 aliphatic carbocycles. The molecule has 24 heavy (non-hydrogen) atoms. The molecule has 1 heterocycles. The molecule has 0 aliphatic rings. The topological polar surface area (TPSA) is 47.0 Å². The quantitative estimate of drug-likeness (QED) is 0.571. The van der Waals surface area contributed by atoms with E-state index in [0.717, 1.165) is 12.8 Å².